The Bertz CT molecular complexity index is 513. The van der Waals surface area contributed by atoms with Gasteiger partial charge in [-0.1, -0.05) is 26.0 Å². The van der Waals surface area contributed by atoms with Crippen LogP contribution < -0.4 is 10.6 Å². The number of halogens is 2. The van der Waals surface area contributed by atoms with E-state index in [1.807, 2.05) is 12.1 Å². The van der Waals surface area contributed by atoms with Gasteiger partial charge in [0.25, 0.3) is 0 Å². The van der Waals surface area contributed by atoms with Gasteiger partial charge in [0, 0.05) is 26.2 Å². The molecule has 0 radical (unpaired) electrons. The second-order valence-corrected chi connectivity index (χ2v) is 6.81. The number of guanidine groups is 1. The molecule has 1 aromatic carbocycles. The Morgan fingerprint density at radius 1 is 1.16 bits per heavy atom. The highest BCUT2D eigenvalue weighted by molar-refractivity contribution is 14.0. The molecule has 6 heteroatoms. The van der Waals surface area contributed by atoms with E-state index in [4.69, 9.17) is 0 Å². The van der Waals surface area contributed by atoms with Gasteiger partial charge in [-0.25, -0.2) is 4.39 Å². The van der Waals surface area contributed by atoms with Gasteiger partial charge < -0.3 is 10.6 Å². The fraction of sp³-hybridized carbons (Fsp3) is 0.632. The van der Waals surface area contributed by atoms with Gasteiger partial charge >= 0.3 is 0 Å². The zero-order valence-corrected chi connectivity index (χ0v) is 17.9. The maximum atomic E-state index is 12.9. The summed E-state index contributed by atoms with van der Waals surface area (Å²) in [5.41, 5.74) is 1.12. The summed E-state index contributed by atoms with van der Waals surface area (Å²) >= 11 is 0. The fourth-order valence-electron chi connectivity index (χ4n) is 3.26. The predicted molar refractivity (Wildman–Crippen MR) is 114 cm³/mol. The average molecular weight is 462 g/mol. The third-order valence-corrected chi connectivity index (χ3v) is 4.70. The van der Waals surface area contributed by atoms with Crippen LogP contribution in [0.5, 0.6) is 0 Å². The Labute approximate surface area is 168 Å². The first-order valence-electron chi connectivity index (χ1n) is 9.03. The van der Waals surface area contributed by atoms with E-state index in [1.165, 1.54) is 38.1 Å². The molecule has 2 rings (SSSR count). The van der Waals surface area contributed by atoms with Crippen LogP contribution in [0.1, 0.15) is 32.3 Å². The minimum absolute atomic E-state index is 0. The molecule has 4 nitrogen and oxygen atoms in total. The van der Waals surface area contributed by atoms with Crippen LogP contribution >= 0.6 is 24.0 Å². The third kappa shape index (κ3) is 7.48. The number of likely N-dealkylation sites (tertiary alicyclic amines) is 1. The SMILES string of the molecule is CN=C(NCCc1ccc(F)cc1)NCC(C(C)C)N1CCCC1.I. The summed E-state index contributed by atoms with van der Waals surface area (Å²) in [7, 11) is 1.80. The average Bonchev–Trinajstić information content (AvgIpc) is 3.09. The van der Waals surface area contributed by atoms with Crippen molar-refractivity contribution in [2.45, 2.75) is 39.2 Å². The molecular weight excluding hydrogens is 430 g/mol. The van der Waals surface area contributed by atoms with E-state index in [2.05, 4.69) is 34.4 Å². The zero-order chi connectivity index (χ0) is 17.4. The zero-order valence-electron chi connectivity index (χ0n) is 15.6. The molecular formula is C19H32FIN4. The van der Waals surface area contributed by atoms with Crippen LogP contribution in [0, 0.1) is 11.7 Å². The molecule has 1 atom stereocenters. The van der Waals surface area contributed by atoms with Gasteiger partial charge in [0.2, 0.25) is 0 Å². The van der Waals surface area contributed by atoms with Crippen molar-refractivity contribution in [1.82, 2.24) is 15.5 Å². The summed E-state index contributed by atoms with van der Waals surface area (Å²) in [6.45, 7) is 8.68. The lowest BCUT2D eigenvalue weighted by Crippen LogP contribution is -2.48. The van der Waals surface area contributed by atoms with E-state index in [0.717, 1.165) is 31.0 Å². The number of aliphatic imine (C=N–C) groups is 1. The van der Waals surface area contributed by atoms with E-state index in [0.29, 0.717) is 12.0 Å². The van der Waals surface area contributed by atoms with Crippen molar-refractivity contribution in [3.8, 4) is 0 Å². The first-order valence-corrected chi connectivity index (χ1v) is 9.03. The highest BCUT2D eigenvalue weighted by Crippen LogP contribution is 2.17. The minimum Gasteiger partial charge on any atom is -0.356 e. The number of hydrogen-bond donors (Lipinski definition) is 2. The molecule has 25 heavy (non-hydrogen) atoms. The van der Waals surface area contributed by atoms with Gasteiger partial charge in [-0.3, -0.25) is 9.89 Å². The molecule has 0 bridgehead atoms. The van der Waals surface area contributed by atoms with Crippen LogP contribution in [0.25, 0.3) is 0 Å². The highest BCUT2D eigenvalue weighted by Gasteiger charge is 2.24. The van der Waals surface area contributed by atoms with Gasteiger partial charge in [-0.2, -0.15) is 0 Å². The number of nitrogens with one attached hydrogen (secondary N) is 2. The molecule has 0 aliphatic carbocycles. The Hall–Kier alpha value is -0.890. The monoisotopic (exact) mass is 462 g/mol. The minimum atomic E-state index is -0.189. The van der Waals surface area contributed by atoms with Crippen molar-refractivity contribution in [2.75, 3.05) is 33.2 Å². The van der Waals surface area contributed by atoms with Crippen molar-refractivity contribution in [3.63, 3.8) is 0 Å². The fourth-order valence-corrected chi connectivity index (χ4v) is 3.26. The van der Waals surface area contributed by atoms with E-state index >= 15 is 0 Å². The summed E-state index contributed by atoms with van der Waals surface area (Å²) in [5.74, 6) is 1.26. The van der Waals surface area contributed by atoms with Crippen molar-refractivity contribution in [2.24, 2.45) is 10.9 Å². The predicted octanol–water partition coefficient (Wildman–Crippen LogP) is 3.27. The van der Waals surface area contributed by atoms with Gasteiger partial charge in [-0.05, 0) is 56.0 Å². The lowest BCUT2D eigenvalue weighted by molar-refractivity contribution is 0.192. The van der Waals surface area contributed by atoms with Crippen LogP contribution in [-0.2, 0) is 6.42 Å². The maximum Gasteiger partial charge on any atom is 0.191 e. The molecule has 1 heterocycles. The van der Waals surface area contributed by atoms with Gasteiger partial charge in [-0.15, -0.1) is 24.0 Å². The van der Waals surface area contributed by atoms with E-state index in [9.17, 15) is 4.39 Å². The highest BCUT2D eigenvalue weighted by atomic mass is 127. The van der Waals surface area contributed by atoms with Gasteiger partial charge in [0.05, 0.1) is 0 Å². The number of hydrogen-bond acceptors (Lipinski definition) is 2. The summed E-state index contributed by atoms with van der Waals surface area (Å²) < 4.78 is 12.9. The molecule has 0 saturated carbocycles. The van der Waals surface area contributed by atoms with Gasteiger partial charge in [0.15, 0.2) is 5.96 Å². The lowest BCUT2D eigenvalue weighted by atomic mass is 10.0. The normalized spacial score (nSPS) is 16.6. The van der Waals surface area contributed by atoms with Crippen molar-refractivity contribution < 1.29 is 4.39 Å². The van der Waals surface area contributed by atoms with Crippen LogP contribution in [0.4, 0.5) is 4.39 Å². The first-order chi connectivity index (χ1) is 11.6. The molecule has 2 N–H and O–H groups in total. The second kappa shape index (κ2) is 11.7. The quantitative estimate of drug-likeness (QED) is 0.371. The number of benzene rings is 1. The Balaban J connectivity index is 0.00000312. The third-order valence-electron chi connectivity index (χ3n) is 4.70. The Kier molecular flexibility index (Phi) is 10.3. The first kappa shape index (κ1) is 22.2. The van der Waals surface area contributed by atoms with Crippen LogP contribution in [0.15, 0.2) is 29.3 Å². The van der Waals surface area contributed by atoms with Crippen molar-refractivity contribution in [3.05, 3.63) is 35.6 Å². The Morgan fingerprint density at radius 3 is 2.36 bits per heavy atom. The molecule has 1 aliphatic heterocycles. The van der Waals surface area contributed by atoms with E-state index in [1.54, 1.807) is 7.05 Å². The van der Waals surface area contributed by atoms with Crippen LogP contribution in [0.2, 0.25) is 0 Å². The van der Waals surface area contributed by atoms with Crippen molar-refractivity contribution in [1.29, 1.82) is 0 Å². The standard InChI is InChI=1S/C19H31FN4.HI/c1-15(2)18(24-12-4-5-13-24)14-23-19(21-3)22-11-10-16-6-8-17(20)9-7-16;/h6-9,15,18H,4-5,10-14H2,1-3H3,(H2,21,22,23);1H. The van der Waals surface area contributed by atoms with Crippen LogP contribution in [-0.4, -0.2) is 50.1 Å². The molecule has 1 aromatic rings. The topological polar surface area (TPSA) is 39.7 Å². The summed E-state index contributed by atoms with van der Waals surface area (Å²) in [4.78, 5) is 6.89. The van der Waals surface area contributed by atoms with Crippen LogP contribution in [0.3, 0.4) is 0 Å². The lowest BCUT2D eigenvalue weighted by Gasteiger charge is -2.31. The van der Waals surface area contributed by atoms with Gasteiger partial charge in [0.1, 0.15) is 5.82 Å². The Morgan fingerprint density at radius 2 is 1.80 bits per heavy atom. The molecule has 1 fully saturated rings. The van der Waals surface area contributed by atoms with E-state index < -0.39 is 0 Å². The number of rotatable bonds is 7. The smallest absolute Gasteiger partial charge is 0.191 e. The number of nitrogens with zero attached hydrogens (tertiary/aromatic N) is 2. The molecule has 1 unspecified atom stereocenters. The summed E-state index contributed by atoms with van der Waals surface area (Å²) in [5, 5.41) is 6.80. The largest absolute Gasteiger partial charge is 0.356 e. The molecule has 0 spiro atoms. The molecule has 0 amide bonds. The van der Waals surface area contributed by atoms with E-state index in [-0.39, 0.29) is 29.8 Å². The second-order valence-electron chi connectivity index (χ2n) is 6.81. The summed E-state index contributed by atoms with van der Waals surface area (Å²) in [6, 6.07) is 7.21. The molecule has 0 aromatic heterocycles. The van der Waals surface area contributed by atoms with Crippen molar-refractivity contribution >= 4 is 29.9 Å². The molecule has 142 valence electrons. The molecule has 1 aliphatic rings. The summed E-state index contributed by atoms with van der Waals surface area (Å²) in [6.07, 6.45) is 3.47. The maximum absolute atomic E-state index is 12.9. The molecule has 1 saturated heterocycles.